The van der Waals surface area contributed by atoms with E-state index in [1.165, 1.54) is 11.6 Å². The van der Waals surface area contributed by atoms with Gasteiger partial charge in [-0.1, -0.05) is 36.4 Å². The monoisotopic (exact) mass is 200 g/mol. The summed E-state index contributed by atoms with van der Waals surface area (Å²) in [5.41, 5.74) is 9.33. The quantitative estimate of drug-likeness (QED) is 0.310. The Labute approximate surface area is 88.7 Å². The average Bonchev–Trinajstić information content (AvgIpc) is 2.26. The molecule has 3 nitrogen and oxygen atoms in total. The van der Waals surface area contributed by atoms with E-state index in [1.54, 1.807) is 6.08 Å². The van der Waals surface area contributed by atoms with Gasteiger partial charge in [0.1, 0.15) is 0 Å². The van der Waals surface area contributed by atoms with Gasteiger partial charge >= 0.3 is 6.21 Å². The Balaban J connectivity index is 2.33. The van der Waals surface area contributed by atoms with Crippen molar-refractivity contribution < 1.29 is 9.58 Å². The van der Waals surface area contributed by atoms with Crippen molar-refractivity contribution in [1.82, 2.24) is 0 Å². The van der Waals surface area contributed by atoms with E-state index in [2.05, 4.69) is 4.79 Å². The molecule has 1 aromatic rings. The highest BCUT2D eigenvalue weighted by molar-refractivity contribution is 6.30. The van der Waals surface area contributed by atoms with Crippen molar-refractivity contribution in [3.8, 4) is 0 Å². The minimum Gasteiger partial charge on any atom is -0.361 e. The minimum absolute atomic E-state index is 0.300. The van der Waals surface area contributed by atoms with Crippen LogP contribution in [0.4, 0.5) is 0 Å². The molecular formula is C12H12N2O. The molecule has 0 radical (unpaired) electrons. The standard InChI is InChI=1S/C12H12N2O/c13-14-10-12(15)9-5-4-8-11-6-2-1-3-7-11/h1-3,5-7,9-10H,4,8H2/b9-5+. The first-order chi connectivity index (χ1) is 7.33. The van der Waals surface area contributed by atoms with E-state index in [4.69, 9.17) is 5.53 Å². The first-order valence-electron chi connectivity index (χ1n) is 4.75. The summed E-state index contributed by atoms with van der Waals surface area (Å²) in [6.07, 6.45) is 5.76. The topological polar surface area (TPSA) is 53.5 Å². The molecule has 0 aliphatic heterocycles. The Kier molecular flexibility index (Phi) is 4.78. The average molecular weight is 200 g/mol. The molecule has 76 valence electrons. The van der Waals surface area contributed by atoms with E-state index in [1.807, 2.05) is 30.3 Å². The number of benzene rings is 1. The van der Waals surface area contributed by atoms with Crippen molar-refractivity contribution in [2.45, 2.75) is 12.8 Å². The number of carbonyl (C=O) groups excluding carboxylic acids is 1. The smallest absolute Gasteiger partial charge is 0.327 e. The van der Waals surface area contributed by atoms with E-state index < -0.39 is 0 Å². The number of hydrogen-bond donors (Lipinski definition) is 0. The normalized spacial score (nSPS) is 9.87. The predicted molar refractivity (Wildman–Crippen MR) is 58.6 cm³/mol. The number of carbonyl (C=O) groups is 1. The van der Waals surface area contributed by atoms with Gasteiger partial charge in [-0.2, -0.15) is 4.79 Å². The highest BCUT2D eigenvalue weighted by atomic mass is 16.1. The van der Waals surface area contributed by atoms with Gasteiger partial charge in [0.2, 0.25) is 0 Å². The van der Waals surface area contributed by atoms with Crippen LogP contribution in [0, 0.1) is 0 Å². The van der Waals surface area contributed by atoms with Crippen LogP contribution in [0.2, 0.25) is 0 Å². The predicted octanol–water partition coefficient (Wildman–Crippen LogP) is 2.05. The lowest BCUT2D eigenvalue weighted by Crippen LogP contribution is -1.93. The Morgan fingerprint density at radius 3 is 2.73 bits per heavy atom. The summed E-state index contributed by atoms with van der Waals surface area (Å²) in [4.78, 5) is 13.5. The van der Waals surface area contributed by atoms with Crippen LogP contribution in [0.1, 0.15) is 12.0 Å². The van der Waals surface area contributed by atoms with E-state index in [0.717, 1.165) is 19.1 Å². The number of nitrogens with zero attached hydrogens (tertiary/aromatic N) is 2. The van der Waals surface area contributed by atoms with Crippen molar-refractivity contribution in [1.29, 1.82) is 0 Å². The molecule has 0 bridgehead atoms. The molecule has 0 amide bonds. The molecule has 0 spiro atoms. The number of ketones is 1. The van der Waals surface area contributed by atoms with E-state index in [-0.39, 0.29) is 5.78 Å². The molecule has 0 atom stereocenters. The summed E-state index contributed by atoms with van der Waals surface area (Å²) >= 11 is 0. The van der Waals surface area contributed by atoms with E-state index in [0.29, 0.717) is 0 Å². The zero-order chi connectivity index (χ0) is 10.9. The van der Waals surface area contributed by atoms with Crippen molar-refractivity contribution >= 4 is 12.0 Å². The fourth-order valence-electron chi connectivity index (χ4n) is 1.19. The van der Waals surface area contributed by atoms with E-state index >= 15 is 0 Å². The molecule has 0 aliphatic carbocycles. The van der Waals surface area contributed by atoms with Gasteiger partial charge < -0.3 is 5.53 Å². The summed E-state index contributed by atoms with van der Waals surface area (Å²) in [5, 5.41) is 0. The lowest BCUT2D eigenvalue weighted by molar-refractivity contribution is -0.111. The van der Waals surface area contributed by atoms with Gasteiger partial charge in [0.25, 0.3) is 5.78 Å². The maximum Gasteiger partial charge on any atom is 0.327 e. The second-order valence-corrected chi connectivity index (χ2v) is 3.07. The van der Waals surface area contributed by atoms with Crippen LogP contribution in [0.25, 0.3) is 5.53 Å². The first kappa shape index (κ1) is 11.1. The number of rotatable bonds is 5. The maximum absolute atomic E-state index is 10.9. The third kappa shape index (κ3) is 4.69. The van der Waals surface area contributed by atoms with Crippen LogP contribution in [-0.4, -0.2) is 16.8 Å². The lowest BCUT2D eigenvalue weighted by atomic mass is 10.1. The summed E-state index contributed by atoms with van der Waals surface area (Å²) in [6, 6.07) is 10.0. The van der Waals surface area contributed by atoms with Crippen LogP contribution < -0.4 is 0 Å². The van der Waals surface area contributed by atoms with Gasteiger partial charge in [0.05, 0.1) is 0 Å². The van der Waals surface area contributed by atoms with Crippen molar-refractivity contribution in [2.24, 2.45) is 0 Å². The van der Waals surface area contributed by atoms with Crippen LogP contribution >= 0.6 is 0 Å². The molecule has 1 rings (SSSR count). The molecule has 3 heteroatoms. The van der Waals surface area contributed by atoms with Crippen molar-refractivity contribution in [3.63, 3.8) is 0 Å². The SMILES string of the molecule is [N-]=[N+]=CC(=O)/C=C/CCc1ccccc1. The summed E-state index contributed by atoms with van der Waals surface area (Å²) in [5.74, 6) is -0.300. The second-order valence-electron chi connectivity index (χ2n) is 3.07. The Morgan fingerprint density at radius 1 is 1.33 bits per heavy atom. The Hall–Kier alpha value is -1.99. The maximum atomic E-state index is 10.9. The Bertz CT molecular complexity index is 389. The molecule has 0 saturated heterocycles. The highest BCUT2D eigenvalue weighted by Gasteiger charge is 1.94. The summed E-state index contributed by atoms with van der Waals surface area (Å²) in [6.45, 7) is 0. The van der Waals surface area contributed by atoms with Gasteiger partial charge in [0, 0.05) is 0 Å². The molecule has 1 aromatic carbocycles. The molecule has 0 fully saturated rings. The first-order valence-corrected chi connectivity index (χ1v) is 4.75. The molecule has 0 N–H and O–H groups in total. The van der Waals surface area contributed by atoms with Gasteiger partial charge in [-0.25, -0.2) is 0 Å². The lowest BCUT2D eigenvalue weighted by Gasteiger charge is -1.95. The third-order valence-electron chi connectivity index (χ3n) is 1.91. The third-order valence-corrected chi connectivity index (χ3v) is 1.91. The molecule has 0 aliphatic rings. The zero-order valence-corrected chi connectivity index (χ0v) is 8.34. The number of allylic oxidation sites excluding steroid dienone is 2. The molecule has 0 saturated carbocycles. The van der Waals surface area contributed by atoms with Gasteiger partial charge in [0.15, 0.2) is 0 Å². The van der Waals surface area contributed by atoms with Crippen molar-refractivity contribution in [2.75, 3.05) is 0 Å². The molecule has 0 heterocycles. The van der Waals surface area contributed by atoms with Gasteiger partial charge in [-0.3, -0.25) is 4.79 Å². The summed E-state index contributed by atoms with van der Waals surface area (Å²) < 4.78 is 0. The largest absolute Gasteiger partial charge is 0.361 e. The fourth-order valence-corrected chi connectivity index (χ4v) is 1.19. The summed E-state index contributed by atoms with van der Waals surface area (Å²) in [7, 11) is 0. The van der Waals surface area contributed by atoms with Crippen LogP contribution in [0.3, 0.4) is 0 Å². The molecule has 15 heavy (non-hydrogen) atoms. The number of hydrogen-bond acceptors (Lipinski definition) is 1. The second kappa shape index (κ2) is 6.46. The fraction of sp³-hybridized carbons (Fsp3) is 0.167. The molecular weight excluding hydrogens is 188 g/mol. The van der Waals surface area contributed by atoms with E-state index in [9.17, 15) is 4.79 Å². The van der Waals surface area contributed by atoms with Crippen LogP contribution in [0.5, 0.6) is 0 Å². The Morgan fingerprint density at radius 2 is 2.07 bits per heavy atom. The van der Waals surface area contributed by atoms with Gasteiger partial charge in [-0.15, -0.1) is 0 Å². The van der Waals surface area contributed by atoms with Crippen molar-refractivity contribution in [3.05, 3.63) is 53.6 Å². The molecule has 0 unspecified atom stereocenters. The van der Waals surface area contributed by atoms with Gasteiger partial charge in [-0.05, 0) is 24.5 Å². The van der Waals surface area contributed by atoms with Crippen LogP contribution in [-0.2, 0) is 11.2 Å². The zero-order valence-electron chi connectivity index (χ0n) is 8.34. The highest BCUT2D eigenvalue weighted by Crippen LogP contribution is 2.02. The van der Waals surface area contributed by atoms with Crippen LogP contribution in [0.15, 0.2) is 42.5 Å². The minimum atomic E-state index is -0.300. The number of aryl methyl sites for hydroxylation is 1. The molecule has 0 aromatic heterocycles.